The summed E-state index contributed by atoms with van der Waals surface area (Å²) in [4.78, 5) is 29.5. The van der Waals surface area contributed by atoms with E-state index < -0.39 is 11.5 Å². The van der Waals surface area contributed by atoms with Crippen LogP contribution in [0.4, 0.5) is 5.82 Å². The maximum Gasteiger partial charge on any atom is 0.268 e. The minimum Gasteiger partial charge on any atom is -0.504 e. The molecule has 2 aromatic heterocycles. The van der Waals surface area contributed by atoms with Crippen molar-refractivity contribution in [3.05, 3.63) is 76.3 Å². The Labute approximate surface area is 149 Å². The summed E-state index contributed by atoms with van der Waals surface area (Å²) in [5.41, 5.74) is 0.495. The maximum absolute atomic E-state index is 12.9. The summed E-state index contributed by atoms with van der Waals surface area (Å²) >= 11 is 0. The van der Waals surface area contributed by atoms with E-state index in [0.717, 1.165) is 0 Å². The average Bonchev–Trinajstić information content (AvgIpc) is 2.64. The molecular weight excluding hydrogens is 334 g/mol. The normalized spacial score (nSPS) is 10.4. The highest BCUT2D eigenvalue weighted by Gasteiger charge is 2.19. The van der Waals surface area contributed by atoms with Gasteiger partial charge in [-0.25, -0.2) is 4.98 Å². The number of carbonyl (C=O) groups excluding carboxylic acids is 1. The lowest BCUT2D eigenvalue weighted by atomic mass is 10.1. The molecule has 0 radical (unpaired) electrons. The van der Waals surface area contributed by atoms with Gasteiger partial charge in [-0.05, 0) is 42.8 Å². The number of pyridine rings is 2. The van der Waals surface area contributed by atoms with Crippen LogP contribution in [0.15, 0.2) is 59.7 Å². The number of hydrogen-bond acceptors (Lipinski definition) is 5. The molecule has 0 bridgehead atoms. The standard InChI is InChI=1S/C19H17N3O4/c1-12-9-11-22(13-6-3-4-8-15(13)26-2)19(25)16(12)18(24)21-17-14(23)7-5-10-20-17/h3-11,23H,1-2H3,(H,20,21,24). The molecule has 0 atom stereocenters. The van der Waals surface area contributed by atoms with E-state index >= 15 is 0 Å². The fraction of sp³-hybridized carbons (Fsp3) is 0.105. The molecule has 26 heavy (non-hydrogen) atoms. The summed E-state index contributed by atoms with van der Waals surface area (Å²) in [6, 6.07) is 11.6. The smallest absolute Gasteiger partial charge is 0.268 e. The molecule has 7 nitrogen and oxygen atoms in total. The first-order chi connectivity index (χ1) is 12.5. The van der Waals surface area contributed by atoms with Gasteiger partial charge < -0.3 is 15.2 Å². The molecular formula is C19H17N3O4. The van der Waals surface area contributed by atoms with Crippen molar-refractivity contribution in [1.82, 2.24) is 9.55 Å². The van der Waals surface area contributed by atoms with Crippen molar-refractivity contribution in [3.8, 4) is 17.2 Å². The number of ether oxygens (including phenoxy) is 1. The molecule has 0 saturated carbocycles. The summed E-state index contributed by atoms with van der Waals surface area (Å²) in [7, 11) is 1.51. The van der Waals surface area contributed by atoms with Gasteiger partial charge in [0, 0.05) is 12.4 Å². The van der Waals surface area contributed by atoms with Crippen LogP contribution in [0.3, 0.4) is 0 Å². The van der Waals surface area contributed by atoms with Crippen LogP contribution in [-0.2, 0) is 0 Å². The Morgan fingerprint density at radius 2 is 1.96 bits per heavy atom. The molecule has 1 aromatic carbocycles. The zero-order valence-corrected chi connectivity index (χ0v) is 14.3. The van der Waals surface area contributed by atoms with Crippen LogP contribution >= 0.6 is 0 Å². The van der Waals surface area contributed by atoms with Gasteiger partial charge in [-0.2, -0.15) is 0 Å². The maximum atomic E-state index is 12.9. The van der Waals surface area contributed by atoms with E-state index in [9.17, 15) is 14.7 Å². The number of nitrogens with one attached hydrogen (secondary N) is 1. The fourth-order valence-electron chi connectivity index (χ4n) is 2.58. The number of aryl methyl sites for hydroxylation is 1. The SMILES string of the molecule is COc1ccccc1-n1ccc(C)c(C(=O)Nc2ncccc2O)c1=O. The predicted octanol–water partition coefficient (Wildman–Crippen LogP) is 2.51. The van der Waals surface area contributed by atoms with Crippen LogP contribution in [-0.4, -0.2) is 27.7 Å². The molecule has 3 rings (SSSR count). The number of nitrogens with zero attached hydrogens (tertiary/aromatic N) is 2. The highest BCUT2D eigenvalue weighted by Crippen LogP contribution is 2.22. The van der Waals surface area contributed by atoms with E-state index in [2.05, 4.69) is 10.3 Å². The zero-order chi connectivity index (χ0) is 18.7. The summed E-state index contributed by atoms with van der Waals surface area (Å²) in [5.74, 6) is -0.332. The van der Waals surface area contributed by atoms with Gasteiger partial charge in [-0.15, -0.1) is 0 Å². The number of hydrogen-bond donors (Lipinski definition) is 2. The van der Waals surface area contributed by atoms with Gasteiger partial charge in [0.25, 0.3) is 11.5 Å². The van der Waals surface area contributed by atoms with Crippen molar-refractivity contribution in [2.75, 3.05) is 12.4 Å². The van der Waals surface area contributed by atoms with Crippen molar-refractivity contribution in [1.29, 1.82) is 0 Å². The van der Waals surface area contributed by atoms with Gasteiger partial charge in [0.15, 0.2) is 11.6 Å². The van der Waals surface area contributed by atoms with E-state index in [0.29, 0.717) is 17.0 Å². The number of aromatic nitrogens is 2. The van der Waals surface area contributed by atoms with Crippen LogP contribution in [0.2, 0.25) is 0 Å². The molecule has 7 heteroatoms. The van der Waals surface area contributed by atoms with E-state index in [1.54, 1.807) is 43.5 Å². The molecule has 0 aliphatic rings. The van der Waals surface area contributed by atoms with Gasteiger partial charge in [0.05, 0.1) is 12.8 Å². The number of aromatic hydroxyl groups is 1. The quantitative estimate of drug-likeness (QED) is 0.753. The summed E-state index contributed by atoms with van der Waals surface area (Å²) in [6.45, 7) is 1.67. The molecule has 0 aliphatic heterocycles. The first kappa shape index (κ1) is 17.2. The molecule has 132 valence electrons. The number of para-hydroxylation sites is 2. The van der Waals surface area contributed by atoms with Crippen LogP contribution in [0.1, 0.15) is 15.9 Å². The second-order valence-electron chi connectivity index (χ2n) is 5.55. The van der Waals surface area contributed by atoms with Crippen molar-refractivity contribution in [2.45, 2.75) is 6.92 Å². The van der Waals surface area contributed by atoms with Crippen molar-refractivity contribution in [2.24, 2.45) is 0 Å². The minimum atomic E-state index is -0.647. The van der Waals surface area contributed by atoms with Gasteiger partial charge in [0.2, 0.25) is 0 Å². The van der Waals surface area contributed by atoms with Crippen LogP contribution in [0.5, 0.6) is 11.5 Å². The lowest BCUT2D eigenvalue weighted by Crippen LogP contribution is -2.29. The Kier molecular flexibility index (Phi) is 4.70. The van der Waals surface area contributed by atoms with Crippen LogP contribution < -0.4 is 15.6 Å². The summed E-state index contributed by atoms with van der Waals surface area (Å²) in [6.07, 6.45) is 3.02. The highest BCUT2D eigenvalue weighted by atomic mass is 16.5. The lowest BCUT2D eigenvalue weighted by molar-refractivity contribution is 0.102. The van der Waals surface area contributed by atoms with E-state index in [4.69, 9.17) is 4.74 Å². The molecule has 0 aliphatic carbocycles. The Morgan fingerprint density at radius 1 is 1.19 bits per heavy atom. The largest absolute Gasteiger partial charge is 0.504 e. The van der Waals surface area contributed by atoms with Gasteiger partial charge in [-0.1, -0.05) is 12.1 Å². The Hall–Kier alpha value is -3.61. The number of rotatable bonds is 4. The first-order valence-electron chi connectivity index (χ1n) is 7.84. The van der Waals surface area contributed by atoms with Crippen LogP contribution in [0.25, 0.3) is 5.69 Å². The topological polar surface area (TPSA) is 93.4 Å². The molecule has 0 saturated heterocycles. The van der Waals surface area contributed by atoms with Gasteiger partial charge in [0.1, 0.15) is 11.3 Å². The number of amides is 1. The third-order valence-corrected chi connectivity index (χ3v) is 3.89. The number of anilines is 1. The molecule has 2 N–H and O–H groups in total. The van der Waals surface area contributed by atoms with E-state index in [1.165, 1.54) is 30.0 Å². The first-order valence-corrected chi connectivity index (χ1v) is 7.84. The second-order valence-corrected chi connectivity index (χ2v) is 5.55. The van der Waals surface area contributed by atoms with Crippen molar-refractivity contribution < 1.29 is 14.6 Å². The van der Waals surface area contributed by atoms with Crippen molar-refractivity contribution in [3.63, 3.8) is 0 Å². The second kappa shape index (κ2) is 7.10. The van der Waals surface area contributed by atoms with Crippen molar-refractivity contribution >= 4 is 11.7 Å². The zero-order valence-electron chi connectivity index (χ0n) is 14.3. The molecule has 0 unspecified atom stereocenters. The molecule has 2 heterocycles. The Balaban J connectivity index is 2.07. The summed E-state index contributed by atoms with van der Waals surface area (Å²) < 4.78 is 6.64. The summed E-state index contributed by atoms with van der Waals surface area (Å²) in [5, 5.41) is 12.2. The lowest BCUT2D eigenvalue weighted by Gasteiger charge is -2.13. The Morgan fingerprint density at radius 3 is 2.69 bits per heavy atom. The predicted molar refractivity (Wildman–Crippen MR) is 97.2 cm³/mol. The van der Waals surface area contributed by atoms with Gasteiger partial charge in [-0.3, -0.25) is 14.2 Å². The van der Waals surface area contributed by atoms with Crippen LogP contribution in [0, 0.1) is 6.92 Å². The molecule has 3 aromatic rings. The minimum absolute atomic E-state index is 0.0102. The molecule has 1 amide bonds. The number of carbonyl (C=O) groups is 1. The third-order valence-electron chi connectivity index (χ3n) is 3.89. The van der Waals surface area contributed by atoms with Gasteiger partial charge >= 0.3 is 0 Å². The fourth-order valence-corrected chi connectivity index (χ4v) is 2.58. The molecule has 0 spiro atoms. The average molecular weight is 351 g/mol. The Bertz CT molecular complexity index is 1030. The monoisotopic (exact) mass is 351 g/mol. The number of methoxy groups -OCH3 is 1. The third kappa shape index (κ3) is 3.14. The highest BCUT2D eigenvalue weighted by molar-refractivity contribution is 6.05. The van der Waals surface area contributed by atoms with E-state index in [-0.39, 0.29) is 17.1 Å². The van der Waals surface area contributed by atoms with E-state index in [1.807, 2.05) is 0 Å². The molecule has 0 fully saturated rings. The number of benzene rings is 1.